The van der Waals surface area contributed by atoms with E-state index in [2.05, 4.69) is 17.1 Å². The first-order valence-corrected chi connectivity index (χ1v) is 6.99. The molecule has 1 saturated carbocycles. The largest absolute Gasteiger partial charge is 0.327 e. The molecule has 0 amide bonds. The molecule has 0 radical (unpaired) electrons. The van der Waals surface area contributed by atoms with Crippen LogP contribution in [0.2, 0.25) is 0 Å². The second kappa shape index (κ2) is 6.75. The van der Waals surface area contributed by atoms with Gasteiger partial charge in [0.15, 0.2) is 0 Å². The van der Waals surface area contributed by atoms with Crippen LogP contribution in [0, 0.1) is 5.92 Å². The molecular weight excluding hydrogens is 208 g/mol. The molecule has 1 fully saturated rings. The maximum atomic E-state index is 6.27. The van der Waals surface area contributed by atoms with Gasteiger partial charge in [-0.2, -0.15) is 0 Å². The van der Waals surface area contributed by atoms with Crippen LogP contribution in [0.15, 0.2) is 24.5 Å². The van der Waals surface area contributed by atoms with E-state index < -0.39 is 0 Å². The summed E-state index contributed by atoms with van der Waals surface area (Å²) in [4.78, 5) is 4.04. The Morgan fingerprint density at radius 1 is 1.12 bits per heavy atom. The summed E-state index contributed by atoms with van der Waals surface area (Å²) in [7, 11) is 0. The van der Waals surface area contributed by atoms with Crippen molar-refractivity contribution in [2.45, 2.75) is 57.4 Å². The second-order valence-electron chi connectivity index (χ2n) is 5.41. The molecule has 1 heterocycles. The Hall–Kier alpha value is -0.890. The van der Waals surface area contributed by atoms with Crippen LogP contribution in [0.5, 0.6) is 0 Å². The molecule has 2 rings (SSSR count). The fraction of sp³-hybridized carbons (Fsp3) is 0.667. The third kappa shape index (κ3) is 4.47. The lowest BCUT2D eigenvalue weighted by molar-refractivity contribution is 0.387. The molecule has 1 aliphatic rings. The Balaban J connectivity index is 1.78. The predicted octanol–water partition coefficient (Wildman–Crippen LogP) is 3.31. The molecule has 17 heavy (non-hydrogen) atoms. The molecule has 1 atom stereocenters. The van der Waals surface area contributed by atoms with Crippen molar-refractivity contribution < 1.29 is 0 Å². The van der Waals surface area contributed by atoms with Gasteiger partial charge in [0.2, 0.25) is 0 Å². The lowest BCUT2D eigenvalue weighted by Gasteiger charge is -2.19. The highest BCUT2D eigenvalue weighted by atomic mass is 14.6. The summed E-state index contributed by atoms with van der Waals surface area (Å²) in [5.74, 6) is 0.870. The quantitative estimate of drug-likeness (QED) is 0.809. The van der Waals surface area contributed by atoms with E-state index in [1.165, 1.54) is 50.5 Å². The van der Waals surface area contributed by atoms with Crippen LogP contribution in [-0.2, 0) is 6.42 Å². The minimum Gasteiger partial charge on any atom is -0.327 e. The van der Waals surface area contributed by atoms with Crippen molar-refractivity contribution in [3.05, 3.63) is 30.1 Å². The van der Waals surface area contributed by atoms with E-state index in [1.807, 2.05) is 12.4 Å². The van der Waals surface area contributed by atoms with E-state index in [-0.39, 0.29) is 0 Å². The first-order chi connectivity index (χ1) is 8.34. The van der Waals surface area contributed by atoms with Crippen LogP contribution in [0.25, 0.3) is 0 Å². The molecule has 2 N–H and O–H groups in total. The number of pyridine rings is 1. The average Bonchev–Trinajstić information content (AvgIpc) is 2.59. The number of aromatic nitrogens is 1. The summed E-state index contributed by atoms with van der Waals surface area (Å²) in [5.41, 5.74) is 7.59. The van der Waals surface area contributed by atoms with Crippen molar-refractivity contribution in [2.75, 3.05) is 0 Å². The minimum atomic E-state index is 0.320. The Morgan fingerprint density at radius 2 is 1.76 bits per heavy atom. The summed E-state index contributed by atoms with van der Waals surface area (Å²) < 4.78 is 0. The van der Waals surface area contributed by atoms with E-state index >= 15 is 0 Å². The fourth-order valence-electron chi connectivity index (χ4n) is 2.93. The number of hydrogen-bond donors (Lipinski definition) is 1. The normalized spacial score (nSPS) is 19.8. The summed E-state index contributed by atoms with van der Waals surface area (Å²) in [6, 6.07) is 4.47. The lowest BCUT2D eigenvalue weighted by atomic mass is 9.90. The van der Waals surface area contributed by atoms with E-state index in [1.54, 1.807) is 0 Å². The van der Waals surface area contributed by atoms with Crippen molar-refractivity contribution >= 4 is 0 Å². The molecule has 94 valence electrons. The molecule has 1 aromatic heterocycles. The van der Waals surface area contributed by atoms with E-state index in [9.17, 15) is 0 Å². The van der Waals surface area contributed by atoms with Gasteiger partial charge in [0.25, 0.3) is 0 Å². The fourth-order valence-corrected chi connectivity index (χ4v) is 2.93. The third-order valence-electron chi connectivity index (χ3n) is 3.86. The summed E-state index contributed by atoms with van der Waals surface area (Å²) in [6.07, 6.45) is 14.4. The van der Waals surface area contributed by atoms with Gasteiger partial charge in [0, 0.05) is 18.4 Å². The molecule has 2 heteroatoms. The molecular formula is C15H24N2. The molecule has 0 aromatic carbocycles. The molecule has 0 saturated heterocycles. The van der Waals surface area contributed by atoms with Gasteiger partial charge in [0.1, 0.15) is 0 Å². The lowest BCUT2D eigenvalue weighted by Crippen LogP contribution is -2.26. The highest BCUT2D eigenvalue weighted by Crippen LogP contribution is 2.26. The molecule has 0 aliphatic heterocycles. The van der Waals surface area contributed by atoms with Gasteiger partial charge in [0.05, 0.1) is 0 Å². The van der Waals surface area contributed by atoms with Crippen molar-refractivity contribution in [1.29, 1.82) is 0 Å². The standard InChI is InChI=1S/C15H24N2/c16-15(12-14-7-9-17-10-8-14)11-13-5-3-1-2-4-6-13/h7-10,13,15H,1-6,11-12,16H2. The van der Waals surface area contributed by atoms with Crippen molar-refractivity contribution in [2.24, 2.45) is 11.7 Å². The zero-order valence-corrected chi connectivity index (χ0v) is 10.6. The van der Waals surface area contributed by atoms with Crippen LogP contribution >= 0.6 is 0 Å². The molecule has 1 aromatic rings. The average molecular weight is 232 g/mol. The Labute approximate surface area is 105 Å². The smallest absolute Gasteiger partial charge is 0.0270 e. The van der Waals surface area contributed by atoms with E-state index in [4.69, 9.17) is 5.73 Å². The van der Waals surface area contributed by atoms with Crippen LogP contribution in [0.3, 0.4) is 0 Å². The molecule has 0 bridgehead atoms. The van der Waals surface area contributed by atoms with Gasteiger partial charge in [-0.15, -0.1) is 0 Å². The van der Waals surface area contributed by atoms with Gasteiger partial charge >= 0.3 is 0 Å². The second-order valence-corrected chi connectivity index (χ2v) is 5.41. The summed E-state index contributed by atoms with van der Waals surface area (Å²) in [6.45, 7) is 0. The highest BCUT2D eigenvalue weighted by molar-refractivity contribution is 5.11. The van der Waals surface area contributed by atoms with Gasteiger partial charge in [-0.1, -0.05) is 38.5 Å². The SMILES string of the molecule is NC(Cc1ccncc1)CC1CCCCCC1. The summed E-state index contributed by atoms with van der Waals surface area (Å²) >= 11 is 0. The number of nitrogens with two attached hydrogens (primary N) is 1. The van der Waals surface area contributed by atoms with Crippen LogP contribution in [0.4, 0.5) is 0 Å². The van der Waals surface area contributed by atoms with Crippen molar-refractivity contribution in [3.8, 4) is 0 Å². The van der Waals surface area contributed by atoms with Gasteiger partial charge in [-0.25, -0.2) is 0 Å². The highest BCUT2D eigenvalue weighted by Gasteiger charge is 2.15. The summed E-state index contributed by atoms with van der Waals surface area (Å²) in [5, 5.41) is 0. The Kier molecular flexibility index (Phi) is 4.99. The van der Waals surface area contributed by atoms with Crippen LogP contribution in [-0.4, -0.2) is 11.0 Å². The van der Waals surface area contributed by atoms with Gasteiger partial charge < -0.3 is 5.73 Å². The number of hydrogen-bond acceptors (Lipinski definition) is 2. The third-order valence-corrected chi connectivity index (χ3v) is 3.86. The zero-order valence-electron chi connectivity index (χ0n) is 10.6. The van der Waals surface area contributed by atoms with Gasteiger partial charge in [-0.05, 0) is 36.5 Å². The molecule has 2 nitrogen and oxygen atoms in total. The molecule has 1 aliphatic carbocycles. The molecule has 1 unspecified atom stereocenters. The van der Waals surface area contributed by atoms with Crippen molar-refractivity contribution in [1.82, 2.24) is 4.98 Å². The van der Waals surface area contributed by atoms with Crippen LogP contribution < -0.4 is 5.73 Å². The van der Waals surface area contributed by atoms with Gasteiger partial charge in [-0.3, -0.25) is 4.98 Å². The maximum absolute atomic E-state index is 6.27. The van der Waals surface area contributed by atoms with Crippen molar-refractivity contribution in [3.63, 3.8) is 0 Å². The number of nitrogens with zero attached hydrogens (tertiary/aromatic N) is 1. The molecule has 0 spiro atoms. The van der Waals surface area contributed by atoms with Crippen LogP contribution in [0.1, 0.15) is 50.5 Å². The topological polar surface area (TPSA) is 38.9 Å². The maximum Gasteiger partial charge on any atom is 0.0270 e. The van der Waals surface area contributed by atoms with E-state index in [0.29, 0.717) is 6.04 Å². The van der Waals surface area contributed by atoms with E-state index in [0.717, 1.165) is 12.3 Å². The number of rotatable bonds is 4. The monoisotopic (exact) mass is 232 g/mol. The Bertz CT molecular complexity index is 302. The first kappa shape index (κ1) is 12.6. The zero-order chi connectivity index (χ0) is 11.9. The Morgan fingerprint density at radius 3 is 2.41 bits per heavy atom. The first-order valence-electron chi connectivity index (χ1n) is 6.99. The minimum absolute atomic E-state index is 0.320. The predicted molar refractivity (Wildman–Crippen MR) is 71.7 cm³/mol.